The first-order valence-electron chi connectivity index (χ1n) is 7.62. The molecule has 0 bridgehead atoms. The summed E-state index contributed by atoms with van der Waals surface area (Å²) in [5.74, 6) is 2.29. The Morgan fingerprint density at radius 3 is 2.68 bits per heavy atom. The second kappa shape index (κ2) is 6.81. The standard InChI is InChI=1S/C18H22N2O2/c1-21-17-7-2-3-8-18(17)22-16-6-4-5-14(11-16)12-20-10-9-15(19)13-20/h2-8,11,15H,9-10,12-13,19H2,1H3. The third-order valence-corrected chi connectivity index (χ3v) is 3.91. The van der Waals surface area contributed by atoms with Crippen molar-refractivity contribution in [2.45, 2.75) is 19.0 Å². The lowest BCUT2D eigenvalue weighted by Gasteiger charge is -2.16. The lowest BCUT2D eigenvalue weighted by Crippen LogP contribution is -2.26. The van der Waals surface area contributed by atoms with E-state index in [-0.39, 0.29) is 0 Å². The Morgan fingerprint density at radius 2 is 1.95 bits per heavy atom. The maximum atomic E-state index is 5.96. The second-order valence-electron chi connectivity index (χ2n) is 5.68. The lowest BCUT2D eigenvalue weighted by molar-refractivity contribution is 0.326. The maximum Gasteiger partial charge on any atom is 0.169 e. The van der Waals surface area contributed by atoms with Crippen LogP contribution >= 0.6 is 0 Å². The van der Waals surface area contributed by atoms with Gasteiger partial charge in [-0.25, -0.2) is 0 Å². The summed E-state index contributed by atoms with van der Waals surface area (Å²) in [6.45, 7) is 2.95. The first-order chi connectivity index (χ1) is 10.7. The van der Waals surface area contributed by atoms with Crippen molar-refractivity contribution in [3.8, 4) is 17.2 Å². The molecular weight excluding hydrogens is 276 g/mol. The Labute approximate surface area is 131 Å². The van der Waals surface area contributed by atoms with Crippen LogP contribution in [0.2, 0.25) is 0 Å². The Hall–Kier alpha value is -2.04. The summed E-state index contributed by atoms with van der Waals surface area (Å²) >= 11 is 0. The number of methoxy groups -OCH3 is 1. The minimum atomic E-state index is 0.313. The molecule has 4 heteroatoms. The summed E-state index contributed by atoms with van der Waals surface area (Å²) in [6, 6.07) is 16.2. The molecule has 0 amide bonds. The van der Waals surface area contributed by atoms with Crippen LogP contribution in [0.15, 0.2) is 48.5 Å². The van der Waals surface area contributed by atoms with E-state index in [4.69, 9.17) is 15.2 Å². The summed E-state index contributed by atoms with van der Waals surface area (Å²) in [7, 11) is 1.65. The molecule has 1 heterocycles. The highest BCUT2D eigenvalue weighted by Crippen LogP contribution is 2.31. The molecule has 2 aromatic carbocycles. The van der Waals surface area contributed by atoms with Gasteiger partial charge in [0.05, 0.1) is 7.11 Å². The molecule has 0 aromatic heterocycles. The maximum absolute atomic E-state index is 5.96. The first kappa shape index (κ1) is 14.9. The van der Waals surface area contributed by atoms with Crippen LogP contribution in [0, 0.1) is 0 Å². The van der Waals surface area contributed by atoms with Crippen LogP contribution in [0.4, 0.5) is 0 Å². The van der Waals surface area contributed by atoms with E-state index in [9.17, 15) is 0 Å². The topological polar surface area (TPSA) is 47.7 Å². The van der Waals surface area contributed by atoms with Crippen LogP contribution in [0.5, 0.6) is 17.2 Å². The Morgan fingerprint density at radius 1 is 1.14 bits per heavy atom. The van der Waals surface area contributed by atoms with Gasteiger partial charge in [-0.05, 0) is 36.2 Å². The fourth-order valence-electron chi connectivity index (χ4n) is 2.80. The van der Waals surface area contributed by atoms with Crippen molar-refractivity contribution >= 4 is 0 Å². The molecule has 1 aliphatic heterocycles. The number of likely N-dealkylation sites (tertiary alicyclic amines) is 1. The Kier molecular flexibility index (Phi) is 4.61. The summed E-state index contributed by atoms with van der Waals surface area (Å²) in [6.07, 6.45) is 1.08. The van der Waals surface area contributed by atoms with Crippen molar-refractivity contribution < 1.29 is 9.47 Å². The summed E-state index contributed by atoms with van der Waals surface area (Å²) < 4.78 is 11.3. The Balaban J connectivity index is 1.71. The van der Waals surface area contributed by atoms with Gasteiger partial charge >= 0.3 is 0 Å². The van der Waals surface area contributed by atoms with Crippen LogP contribution < -0.4 is 15.2 Å². The van der Waals surface area contributed by atoms with Crippen molar-refractivity contribution in [3.63, 3.8) is 0 Å². The second-order valence-corrected chi connectivity index (χ2v) is 5.68. The quantitative estimate of drug-likeness (QED) is 0.922. The van der Waals surface area contributed by atoms with Gasteiger partial charge in [0.25, 0.3) is 0 Å². The van der Waals surface area contributed by atoms with Gasteiger partial charge in [-0.2, -0.15) is 0 Å². The predicted octanol–water partition coefficient (Wildman–Crippen LogP) is 3.02. The van der Waals surface area contributed by atoms with Gasteiger partial charge in [-0.15, -0.1) is 0 Å². The third-order valence-electron chi connectivity index (χ3n) is 3.91. The normalized spacial score (nSPS) is 18.4. The zero-order valence-electron chi connectivity index (χ0n) is 12.9. The molecule has 1 atom stereocenters. The molecule has 0 radical (unpaired) electrons. The molecule has 2 aromatic rings. The van der Waals surface area contributed by atoms with Crippen molar-refractivity contribution in [2.24, 2.45) is 5.73 Å². The molecule has 0 aliphatic carbocycles. The van der Waals surface area contributed by atoms with E-state index < -0.39 is 0 Å². The number of nitrogens with zero attached hydrogens (tertiary/aromatic N) is 1. The molecule has 1 aliphatic rings. The highest BCUT2D eigenvalue weighted by atomic mass is 16.5. The lowest BCUT2D eigenvalue weighted by atomic mass is 10.2. The predicted molar refractivity (Wildman–Crippen MR) is 87.4 cm³/mol. The van der Waals surface area contributed by atoms with Gasteiger partial charge in [0, 0.05) is 25.7 Å². The number of benzene rings is 2. The molecule has 1 fully saturated rings. The largest absolute Gasteiger partial charge is 0.493 e. The number of para-hydroxylation sites is 2. The number of hydrogen-bond acceptors (Lipinski definition) is 4. The van der Waals surface area contributed by atoms with Gasteiger partial charge < -0.3 is 15.2 Å². The van der Waals surface area contributed by atoms with Gasteiger partial charge in [0.1, 0.15) is 5.75 Å². The summed E-state index contributed by atoms with van der Waals surface area (Å²) in [5, 5.41) is 0. The molecule has 0 saturated carbocycles. The molecule has 2 N–H and O–H groups in total. The van der Waals surface area contributed by atoms with E-state index in [1.54, 1.807) is 7.11 Å². The molecule has 0 spiro atoms. The molecule has 4 nitrogen and oxygen atoms in total. The van der Waals surface area contributed by atoms with Gasteiger partial charge in [0.15, 0.2) is 11.5 Å². The van der Waals surface area contributed by atoms with Crippen LogP contribution in [0.3, 0.4) is 0 Å². The third kappa shape index (κ3) is 3.59. The first-order valence-corrected chi connectivity index (χ1v) is 7.62. The van der Waals surface area contributed by atoms with E-state index in [1.807, 2.05) is 36.4 Å². The van der Waals surface area contributed by atoms with Crippen LogP contribution in [0.1, 0.15) is 12.0 Å². The highest BCUT2D eigenvalue weighted by Gasteiger charge is 2.18. The average Bonchev–Trinajstić information content (AvgIpc) is 2.93. The summed E-state index contributed by atoms with van der Waals surface area (Å²) in [4.78, 5) is 2.38. The zero-order valence-corrected chi connectivity index (χ0v) is 12.9. The minimum Gasteiger partial charge on any atom is -0.493 e. The molecule has 116 valence electrons. The van der Waals surface area contributed by atoms with Crippen LogP contribution in [-0.4, -0.2) is 31.1 Å². The fourth-order valence-corrected chi connectivity index (χ4v) is 2.80. The van der Waals surface area contributed by atoms with E-state index >= 15 is 0 Å². The smallest absolute Gasteiger partial charge is 0.169 e. The van der Waals surface area contributed by atoms with Gasteiger partial charge in [-0.3, -0.25) is 4.90 Å². The van der Waals surface area contributed by atoms with E-state index in [0.717, 1.165) is 43.3 Å². The van der Waals surface area contributed by atoms with Gasteiger partial charge in [-0.1, -0.05) is 24.3 Å². The zero-order chi connectivity index (χ0) is 15.4. The van der Waals surface area contributed by atoms with E-state index in [0.29, 0.717) is 6.04 Å². The number of rotatable bonds is 5. The van der Waals surface area contributed by atoms with E-state index in [1.165, 1.54) is 5.56 Å². The molecule has 3 rings (SSSR count). The summed E-state index contributed by atoms with van der Waals surface area (Å²) in [5.41, 5.74) is 7.20. The van der Waals surface area contributed by atoms with Crippen LogP contribution in [0.25, 0.3) is 0 Å². The number of nitrogens with two attached hydrogens (primary N) is 1. The van der Waals surface area contributed by atoms with Crippen molar-refractivity contribution in [2.75, 3.05) is 20.2 Å². The highest BCUT2D eigenvalue weighted by molar-refractivity contribution is 5.43. The minimum absolute atomic E-state index is 0.313. The SMILES string of the molecule is COc1ccccc1Oc1cccc(CN2CCC(N)C2)c1. The average molecular weight is 298 g/mol. The van der Waals surface area contributed by atoms with Gasteiger partial charge in [0.2, 0.25) is 0 Å². The van der Waals surface area contributed by atoms with Crippen LogP contribution in [-0.2, 0) is 6.54 Å². The van der Waals surface area contributed by atoms with E-state index in [2.05, 4.69) is 17.0 Å². The molecule has 1 unspecified atom stereocenters. The Bertz CT molecular complexity index is 630. The molecule has 1 saturated heterocycles. The number of hydrogen-bond donors (Lipinski definition) is 1. The van der Waals surface area contributed by atoms with Crippen molar-refractivity contribution in [1.82, 2.24) is 4.90 Å². The molecule has 22 heavy (non-hydrogen) atoms. The van der Waals surface area contributed by atoms with Crippen molar-refractivity contribution in [3.05, 3.63) is 54.1 Å². The fraction of sp³-hybridized carbons (Fsp3) is 0.333. The monoisotopic (exact) mass is 298 g/mol. The van der Waals surface area contributed by atoms with Crippen molar-refractivity contribution in [1.29, 1.82) is 0 Å². The molecular formula is C18H22N2O2. The number of ether oxygens (including phenoxy) is 2.